The van der Waals surface area contributed by atoms with Gasteiger partial charge >= 0.3 is 0 Å². The zero-order valence-electron chi connectivity index (χ0n) is 14.0. The number of amides is 1. The molecule has 0 saturated carbocycles. The summed E-state index contributed by atoms with van der Waals surface area (Å²) in [5.41, 5.74) is 0. The van der Waals surface area contributed by atoms with E-state index in [2.05, 4.69) is 24.1 Å². The molecule has 0 fully saturated rings. The monoisotopic (exact) mass is 295 g/mol. The molecule has 1 unspecified atom stereocenters. The average molecular weight is 295 g/mol. The molecular weight excluding hydrogens is 266 g/mol. The van der Waals surface area contributed by atoms with Gasteiger partial charge in [-0.1, -0.05) is 6.92 Å². The van der Waals surface area contributed by atoms with Crippen molar-refractivity contribution >= 4 is 5.91 Å². The number of hydrogen-bond acceptors (Lipinski definition) is 4. The number of aryl methyl sites for hydroxylation is 1. The van der Waals surface area contributed by atoms with Gasteiger partial charge in [-0.05, 0) is 46.5 Å². The lowest BCUT2D eigenvalue weighted by molar-refractivity contribution is -0.131. The molecule has 1 aromatic heterocycles. The van der Waals surface area contributed by atoms with E-state index in [9.17, 15) is 4.79 Å². The second-order valence-electron chi connectivity index (χ2n) is 5.82. The molecule has 0 radical (unpaired) electrons. The molecule has 1 N–H and O–H groups in total. The van der Waals surface area contributed by atoms with Gasteiger partial charge in [0.15, 0.2) is 0 Å². The third kappa shape index (κ3) is 6.78. The normalized spacial score (nSPS) is 12.7. The van der Waals surface area contributed by atoms with Crippen LogP contribution in [0.1, 0.15) is 31.8 Å². The van der Waals surface area contributed by atoms with Crippen molar-refractivity contribution in [2.75, 3.05) is 33.7 Å². The Morgan fingerprint density at radius 1 is 1.33 bits per heavy atom. The summed E-state index contributed by atoms with van der Waals surface area (Å²) in [4.78, 5) is 16.3. The van der Waals surface area contributed by atoms with Gasteiger partial charge in [0.2, 0.25) is 5.91 Å². The number of carbonyl (C=O) groups is 1. The van der Waals surface area contributed by atoms with Gasteiger partial charge in [-0.25, -0.2) is 0 Å². The second kappa shape index (κ2) is 8.85. The molecule has 0 aromatic carbocycles. The number of likely N-dealkylation sites (N-methyl/N-ethyl adjacent to an activating group) is 1. The van der Waals surface area contributed by atoms with E-state index in [0.29, 0.717) is 25.7 Å². The van der Waals surface area contributed by atoms with Crippen LogP contribution in [0, 0.1) is 6.92 Å². The lowest BCUT2D eigenvalue weighted by atomic mass is 10.2. The van der Waals surface area contributed by atoms with Crippen LogP contribution in [-0.4, -0.2) is 55.5 Å². The summed E-state index contributed by atoms with van der Waals surface area (Å²) in [6.07, 6.45) is 1.02. The van der Waals surface area contributed by atoms with Gasteiger partial charge < -0.3 is 19.5 Å². The lowest BCUT2D eigenvalue weighted by Gasteiger charge is -2.24. The van der Waals surface area contributed by atoms with Gasteiger partial charge in [0.25, 0.3) is 0 Å². The Morgan fingerprint density at radius 2 is 2.05 bits per heavy atom. The summed E-state index contributed by atoms with van der Waals surface area (Å²) in [7, 11) is 4.02. The van der Waals surface area contributed by atoms with Crippen LogP contribution in [0.15, 0.2) is 16.5 Å². The van der Waals surface area contributed by atoms with Crippen molar-refractivity contribution in [1.82, 2.24) is 15.1 Å². The Hall–Kier alpha value is -1.33. The number of hydrogen-bond donors (Lipinski definition) is 1. The first-order valence-corrected chi connectivity index (χ1v) is 7.63. The third-order valence-electron chi connectivity index (χ3n) is 3.53. The number of rotatable bonds is 9. The summed E-state index contributed by atoms with van der Waals surface area (Å²) in [5, 5.41) is 3.26. The molecule has 5 heteroatoms. The van der Waals surface area contributed by atoms with Crippen molar-refractivity contribution in [1.29, 1.82) is 0 Å². The van der Waals surface area contributed by atoms with Crippen LogP contribution < -0.4 is 5.32 Å². The number of carbonyl (C=O) groups excluding carboxylic acids is 1. The van der Waals surface area contributed by atoms with Crippen LogP contribution >= 0.6 is 0 Å². The zero-order chi connectivity index (χ0) is 15.8. The van der Waals surface area contributed by atoms with Crippen molar-refractivity contribution < 1.29 is 9.21 Å². The Balaban J connectivity index is 2.60. The van der Waals surface area contributed by atoms with Crippen molar-refractivity contribution in [3.05, 3.63) is 23.7 Å². The van der Waals surface area contributed by atoms with Crippen LogP contribution in [0.3, 0.4) is 0 Å². The fraction of sp³-hybridized carbons (Fsp3) is 0.688. The van der Waals surface area contributed by atoms with Crippen LogP contribution in [0.5, 0.6) is 0 Å². The van der Waals surface area contributed by atoms with E-state index < -0.39 is 0 Å². The summed E-state index contributed by atoms with van der Waals surface area (Å²) in [5.74, 6) is 1.83. The number of nitrogens with zero attached hydrogens (tertiary/aromatic N) is 2. The SMILES string of the molecule is CCC(C)NCC(=O)N(CCN(C)C)Cc1ccc(C)o1. The Labute approximate surface area is 128 Å². The van der Waals surface area contributed by atoms with Gasteiger partial charge in [-0.2, -0.15) is 0 Å². The van der Waals surface area contributed by atoms with Gasteiger partial charge in [0.05, 0.1) is 13.1 Å². The van der Waals surface area contributed by atoms with E-state index in [1.165, 1.54) is 0 Å². The molecule has 0 spiro atoms. The molecule has 0 aliphatic heterocycles. The zero-order valence-corrected chi connectivity index (χ0v) is 14.0. The summed E-state index contributed by atoms with van der Waals surface area (Å²) < 4.78 is 5.59. The Kier molecular flexibility index (Phi) is 7.47. The van der Waals surface area contributed by atoms with Gasteiger partial charge in [0.1, 0.15) is 11.5 Å². The molecule has 0 bridgehead atoms. The maximum Gasteiger partial charge on any atom is 0.236 e. The molecule has 0 saturated heterocycles. The average Bonchev–Trinajstić information content (AvgIpc) is 2.85. The van der Waals surface area contributed by atoms with E-state index in [4.69, 9.17) is 4.42 Å². The van der Waals surface area contributed by atoms with E-state index in [1.807, 2.05) is 38.1 Å². The maximum absolute atomic E-state index is 12.4. The summed E-state index contributed by atoms with van der Waals surface area (Å²) in [6.45, 7) is 8.57. The topological polar surface area (TPSA) is 48.7 Å². The first kappa shape index (κ1) is 17.7. The minimum absolute atomic E-state index is 0.117. The smallest absolute Gasteiger partial charge is 0.236 e. The van der Waals surface area contributed by atoms with Crippen LogP contribution in [0.4, 0.5) is 0 Å². The fourth-order valence-corrected chi connectivity index (χ4v) is 1.89. The van der Waals surface area contributed by atoms with Crippen molar-refractivity contribution in [3.8, 4) is 0 Å². The minimum Gasteiger partial charge on any atom is -0.464 e. The molecule has 0 aliphatic rings. The molecule has 120 valence electrons. The molecule has 1 rings (SSSR count). The number of nitrogens with one attached hydrogen (secondary N) is 1. The highest BCUT2D eigenvalue weighted by molar-refractivity contribution is 5.78. The fourth-order valence-electron chi connectivity index (χ4n) is 1.89. The van der Waals surface area contributed by atoms with E-state index in [1.54, 1.807) is 0 Å². The van der Waals surface area contributed by atoms with Gasteiger partial charge in [0, 0.05) is 19.1 Å². The highest BCUT2D eigenvalue weighted by atomic mass is 16.3. The standard InChI is InChI=1S/C16H29N3O2/c1-6-13(2)17-11-16(20)19(10-9-18(4)5)12-15-8-7-14(3)21-15/h7-8,13,17H,6,9-12H2,1-5H3. The van der Waals surface area contributed by atoms with E-state index in [0.717, 1.165) is 24.5 Å². The van der Waals surface area contributed by atoms with E-state index >= 15 is 0 Å². The second-order valence-corrected chi connectivity index (χ2v) is 5.82. The summed E-state index contributed by atoms with van der Waals surface area (Å²) in [6, 6.07) is 4.23. The molecule has 1 aromatic rings. The molecular formula is C16H29N3O2. The first-order valence-electron chi connectivity index (χ1n) is 7.63. The Bertz CT molecular complexity index is 429. The molecule has 5 nitrogen and oxygen atoms in total. The largest absolute Gasteiger partial charge is 0.464 e. The Morgan fingerprint density at radius 3 is 2.57 bits per heavy atom. The van der Waals surface area contributed by atoms with Crippen LogP contribution in [0.25, 0.3) is 0 Å². The molecule has 1 heterocycles. The lowest BCUT2D eigenvalue weighted by Crippen LogP contribution is -2.42. The summed E-state index contributed by atoms with van der Waals surface area (Å²) >= 11 is 0. The van der Waals surface area contributed by atoms with Gasteiger partial charge in [-0.3, -0.25) is 4.79 Å². The van der Waals surface area contributed by atoms with Crippen molar-refractivity contribution in [3.63, 3.8) is 0 Å². The van der Waals surface area contributed by atoms with Crippen molar-refractivity contribution in [2.45, 2.75) is 39.8 Å². The highest BCUT2D eigenvalue weighted by Gasteiger charge is 2.16. The molecule has 21 heavy (non-hydrogen) atoms. The quantitative estimate of drug-likeness (QED) is 0.755. The predicted octanol–water partition coefficient (Wildman–Crippen LogP) is 1.87. The first-order chi connectivity index (χ1) is 9.92. The molecule has 0 aliphatic carbocycles. The minimum atomic E-state index is 0.117. The van der Waals surface area contributed by atoms with Gasteiger partial charge in [-0.15, -0.1) is 0 Å². The van der Waals surface area contributed by atoms with E-state index in [-0.39, 0.29) is 5.91 Å². The highest BCUT2D eigenvalue weighted by Crippen LogP contribution is 2.10. The van der Waals surface area contributed by atoms with Crippen LogP contribution in [0.2, 0.25) is 0 Å². The maximum atomic E-state index is 12.4. The number of furan rings is 1. The third-order valence-corrected chi connectivity index (χ3v) is 3.53. The van der Waals surface area contributed by atoms with Crippen LogP contribution in [-0.2, 0) is 11.3 Å². The van der Waals surface area contributed by atoms with Crippen molar-refractivity contribution in [2.24, 2.45) is 0 Å². The predicted molar refractivity (Wildman–Crippen MR) is 85.2 cm³/mol. The molecule has 1 amide bonds. The molecule has 1 atom stereocenters.